The lowest BCUT2D eigenvalue weighted by Crippen LogP contribution is -2.19. The predicted molar refractivity (Wildman–Crippen MR) is 74.3 cm³/mol. The maximum absolute atomic E-state index is 11.8. The number of urea groups is 1. The first-order chi connectivity index (χ1) is 9.31. The minimum absolute atomic E-state index is 0.273. The van der Waals surface area contributed by atoms with Gasteiger partial charge in [0, 0.05) is 24.3 Å². The number of hydrogen-bond acceptors (Lipinski definition) is 2. The number of benzene rings is 1. The van der Waals surface area contributed by atoms with Crippen LogP contribution in [0.25, 0.3) is 5.65 Å². The summed E-state index contributed by atoms with van der Waals surface area (Å²) in [7, 11) is 0. The van der Waals surface area contributed by atoms with Crippen LogP contribution in [0.3, 0.4) is 0 Å². The van der Waals surface area contributed by atoms with Crippen molar-refractivity contribution >= 4 is 23.1 Å². The van der Waals surface area contributed by atoms with E-state index in [2.05, 4.69) is 15.6 Å². The molecule has 0 aliphatic heterocycles. The normalized spacial score (nSPS) is 10.3. The topological polar surface area (TPSA) is 58.4 Å². The summed E-state index contributed by atoms with van der Waals surface area (Å²) < 4.78 is 1.85. The van der Waals surface area contributed by atoms with Crippen molar-refractivity contribution < 1.29 is 4.79 Å². The van der Waals surface area contributed by atoms with E-state index in [1.165, 1.54) is 0 Å². The quantitative estimate of drug-likeness (QED) is 0.736. The molecule has 0 radical (unpaired) electrons. The molecule has 0 unspecified atom stereocenters. The van der Waals surface area contributed by atoms with Crippen molar-refractivity contribution in [2.75, 3.05) is 10.6 Å². The van der Waals surface area contributed by atoms with Crippen LogP contribution in [0.15, 0.2) is 61.1 Å². The van der Waals surface area contributed by atoms with Crippen LogP contribution >= 0.6 is 0 Å². The zero-order valence-corrected chi connectivity index (χ0v) is 10.1. The second kappa shape index (κ2) is 4.81. The molecule has 2 aromatic heterocycles. The highest BCUT2D eigenvalue weighted by Crippen LogP contribution is 2.11. The van der Waals surface area contributed by atoms with Gasteiger partial charge in [-0.3, -0.25) is 0 Å². The van der Waals surface area contributed by atoms with Crippen molar-refractivity contribution in [3.05, 3.63) is 61.1 Å². The number of carbonyl (C=O) groups excluding carboxylic acids is 1. The van der Waals surface area contributed by atoms with Crippen molar-refractivity contribution in [2.45, 2.75) is 0 Å². The average molecular weight is 252 g/mol. The molecule has 0 fully saturated rings. The average Bonchev–Trinajstić information content (AvgIpc) is 2.87. The molecular weight excluding hydrogens is 240 g/mol. The molecule has 0 atom stereocenters. The fraction of sp³-hybridized carbons (Fsp3) is 0. The van der Waals surface area contributed by atoms with Gasteiger partial charge in [-0.25, -0.2) is 9.78 Å². The van der Waals surface area contributed by atoms with Crippen molar-refractivity contribution in [1.82, 2.24) is 9.38 Å². The first kappa shape index (κ1) is 11.3. The smallest absolute Gasteiger partial charge is 0.308 e. The third-order valence-corrected chi connectivity index (χ3v) is 2.68. The molecule has 94 valence electrons. The molecule has 2 heterocycles. The molecular formula is C14H12N4O. The van der Waals surface area contributed by atoms with Crippen LogP contribution < -0.4 is 10.6 Å². The lowest BCUT2D eigenvalue weighted by atomic mass is 10.3. The minimum atomic E-state index is -0.273. The summed E-state index contributed by atoms with van der Waals surface area (Å²) in [4.78, 5) is 16.0. The first-order valence-corrected chi connectivity index (χ1v) is 5.87. The molecule has 0 spiro atoms. The Balaban J connectivity index is 1.72. The first-order valence-electron chi connectivity index (χ1n) is 5.87. The number of pyridine rings is 1. The maximum Gasteiger partial charge on any atom is 0.323 e. The van der Waals surface area contributed by atoms with Crippen LogP contribution in [0.4, 0.5) is 16.2 Å². The molecule has 19 heavy (non-hydrogen) atoms. The highest BCUT2D eigenvalue weighted by molar-refractivity contribution is 5.99. The van der Waals surface area contributed by atoms with E-state index in [4.69, 9.17) is 0 Å². The van der Waals surface area contributed by atoms with Gasteiger partial charge in [0.05, 0.1) is 5.69 Å². The number of imidazole rings is 1. The molecule has 2 amide bonds. The summed E-state index contributed by atoms with van der Waals surface area (Å²) in [5, 5.41) is 5.53. The van der Waals surface area contributed by atoms with Crippen LogP contribution in [0.5, 0.6) is 0 Å². The third kappa shape index (κ3) is 2.55. The van der Waals surface area contributed by atoms with Crippen LogP contribution in [-0.2, 0) is 0 Å². The standard InChI is InChI=1S/C14H12N4O/c19-14(16-11-4-2-1-3-5-11)17-12-6-7-13-15-8-9-18(13)10-12/h1-10H,(H2,16,17,19). The largest absolute Gasteiger partial charge is 0.323 e. The van der Waals surface area contributed by atoms with Gasteiger partial charge in [0.1, 0.15) is 5.65 Å². The molecule has 2 N–H and O–H groups in total. The number of amides is 2. The minimum Gasteiger partial charge on any atom is -0.308 e. The number of aromatic nitrogens is 2. The van der Waals surface area contributed by atoms with Gasteiger partial charge in [-0.15, -0.1) is 0 Å². The number of para-hydroxylation sites is 1. The Labute approximate surface area is 109 Å². The second-order valence-corrected chi connectivity index (χ2v) is 4.06. The van der Waals surface area contributed by atoms with Crippen molar-refractivity contribution in [3.8, 4) is 0 Å². The van der Waals surface area contributed by atoms with Gasteiger partial charge in [0.25, 0.3) is 0 Å². The van der Waals surface area contributed by atoms with Crippen molar-refractivity contribution in [1.29, 1.82) is 0 Å². The summed E-state index contributed by atoms with van der Waals surface area (Å²) >= 11 is 0. The summed E-state index contributed by atoms with van der Waals surface area (Å²) in [6.45, 7) is 0. The van der Waals surface area contributed by atoms with Gasteiger partial charge in [0.2, 0.25) is 0 Å². The van der Waals surface area contributed by atoms with Crippen LogP contribution in [0.2, 0.25) is 0 Å². The van der Waals surface area contributed by atoms with Crippen molar-refractivity contribution in [2.24, 2.45) is 0 Å². The van der Waals surface area contributed by atoms with Crippen molar-refractivity contribution in [3.63, 3.8) is 0 Å². The Morgan fingerprint density at radius 2 is 1.79 bits per heavy atom. The lowest BCUT2D eigenvalue weighted by molar-refractivity contribution is 0.262. The molecule has 0 aliphatic carbocycles. The zero-order valence-electron chi connectivity index (χ0n) is 10.1. The number of hydrogen-bond donors (Lipinski definition) is 2. The number of anilines is 2. The van der Waals surface area contributed by atoms with Crippen LogP contribution in [0.1, 0.15) is 0 Å². The lowest BCUT2D eigenvalue weighted by Gasteiger charge is -2.07. The van der Waals surface area contributed by atoms with E-state index in [-0.39, 0.29) is 6.03 Å². The Morgan fingerprint density at radius 3 is 2.63 bits per heavy atom. The number of rotatable bonds is 2. The van der Waals surface area contributed by atoms with Gasteiger partial charge < -0.3 is 15.0 Å². The fourth-order valence-electron chi connectivity index (χ4n) is 1.81. The summed E-state index contributed by atoms with van der Waals surface area (Å²) in [5.41, 5.74) is 2.30. The number of nitrogens with one attached hydrogen (secondary N) is 2. The van der Waals surface area contributed by atoms with E-state index in [1.54, 1.807) is 6.20 Å². The molecule has 1 aromatic carbocycles. The summed E-state index contributed by atoms with van der Waals surface area (Å²) in [6, 6.07) is 12.7. The molecule has 0 saturated carbocycles. The number of fused-ring (bicyclic) bond motifs is 1. The molecule has 3 aromatic rings. The van der Waals surface area contributed by atoms with Crippen LogP contribution in [-0.4, -0.2) is 15.4 Å². The summed E-state index contributed by atoms with van der Waals surface area (Å²) in [6.07, 6.45) is 5.35. The maximum atomic E-state index is 11.8. The van der Waals surface area contributed by atoms with Gasteiger partial charge in [-0.1, -0.05) is 18.2 Å². The Morgan fingerprint density at radius 1 is 1.00 bits per heavy atom. The molecule has 0 saturated heterocycles. The monoisotopic (exact) mass is 252 g/mol. The van der Waals surface area contributed by atoms with E-state index in [0.29, 0.717) is 5.69 Å². The van der Waals surface area contributed by atoms with E-state index in [1.807, 2.05) is 59.3 Å². The molecule has 3 rings (SSSR count). The van der Waals surface area contributed by atoms with Gasteiger partial charge in [0.15, 0.2) is 0 Å². The predicted octanol–water partition coefficient (Wildman–Crippen LogP) is 2.98. The zero-order chi connectivity index (χ0) is 13.1. The van der Waals surface area contributed by atoms with E-state index in [0.717, 1.165) is 11.3 Å². The molecule has 5 nitrogen and oxygen atoms in total. The Bertz CT molecular complexity index is 706. The van der Waals surface area contributed by atoms with Gasteiger partial charge >= 0.3 is 6.03 Å². The van der Waals surface area contributed by atoms with E-state index >= 15 is 0 Å². The highest BCUT2D eigenvalue weighted by atomic mass is 16.2. The second-order valence-electron chi connectivity index (χ2n) is 4.06. The highest BCUT2D eigenvalue weighted by Gasteiger charge is 2.03. The number of carbonyl (C=O) groups is 1. The third-order valence-electron chi connectivity index (χ3n) is 2.68. The van der Waals surface area contributed by atoms with Gasteiger partial charge in [-0.05, 0) is 24.3 Å². The Kier molecular flexibility index (Phi) is 2.86. The molecule has 0 bridgehead atoms. The van der Waals surface area contributed by atoms with E-state index in [9.17, 15) is 4.79 Å². The fourth-order valence-corrected chi connectivity index (χ4v) is 1.81. The molecule has 5 heteroatoms. The number of nitrogens with zero attached hydrogens (tertiary/aromatic N) is 2. The summed E-state index contributed by atoms with van der Waals surface area (Å²) in [5.74, 6) is 0. The molecule has 0 aliphatic rings. The Hall–Kier alpha value is -2.82. The van der Waals surface area contributed by atoms with Crippen LogP contribution in [0, 0.1) is 0 Å². The van der Waals surface area contributed by atoms with E-state index < -0.39 is 0 Å². The SMILES string of the molecule is O=C(Nc1ccccc1)Nc1ccc2nccn2c1. The van der Waals surface area contributed by atoms with Gasteiger partial charge in [-0.2, -0.15) is 0 Å².